The summed E-state index contributed by atoms with van der Waals surface area (Å²) in [6.07, 6.45) is 3.18. The Kier molecular flexibility index (Phi) is 4.72. The third kappa shape index (κ3) is 3.31. The maximum atomic E-state index is 14.8. The molecule has 0 fully saturated rings. The van der Waals surface area contributed by atoms with Crippen LogP contribution in [0.5, 0.6) is 0 Å². The first-order chi connectivity index (χ1) is 13.5. The molecule has 3 heterocycles. The number of urea groups is 1. The third-order valence-electron chi connectivity index (χ3n) is 4.61. The lowest BCUT2D eigenvalue weighted by Gasteiger charge is -2.28. The molecule has 0 atom stereocenters. The number of halogens is 3. The van der Waals surface area contributed by atoms with Crippen LogP contribution in [0.1, 0.15) is 16.7 Å². The average Bonchev–Trinajstić information content (AvgIpc) is 3.05. The molecule has 0 unspecified atom stereocenters. The minimum atomic E-state index is -0.610. The molecule has 2 aromatic heterocycles. The fourth-order valence-corrected chi connectivity index (χ4v) is 3.39. The van der Waals surface area contributed by atoms with Gasteiger partial charge in [0.15, 0.2) is 0 Å². The van der Waals surface area contributed by atoms with E-state index in [1.807, 2.05) is 0 Å². The highest BCUT2D eigenvalue weighted by molar-refractivity contribution is 6.28. The van der Waals surface area contributed by atoms with Gasteiger partial charge in [-0.15, -0.1) is 0 Å². The zero-order chi connectivity index (χ0) is 19.8. The van der Waals surface area contributed by atoms with E-state index in [-0.39, 0.29) is 17.9 Å². The van der Waals surface area contributed by atoms with Gasteiger partial charge in [-0.05, 0) is 35.4 Å². The summed E-state index contributed by atoms with van der Waals surface area (Å²) in [5.74, 6) is -0.0503. The molecular weight excluding hydrogens is 388 g/mol. The van der Waals surface area contributed by atoms with Crippen molar-refractivity contribution >= 4 is 23.4 Å². The minimum absolute atomic E-state index is 0.0346. The Morgan fingerprint density at radius 1 is 1.29 bits per heavy atom. The van der Waals surface area contributed by atoms with Gasteiger partial charge in [0.2, 0.25) is 5.28 Å². The van der Waals surface area contributed by atoms with Crippen molar-refractivity contribution < 1.29 is 13.6 Å². The molecule has 2 amide bonds. The third-order valence-corrected chi connectivity index (χ3v) is 4.79. The number of amides is 2. The fourth-order valence-electron chi connectivity index (χ4n) is 3.27. The molecule has 144 valence electrons. The number of aryl methyl sites for hydroxylation is 1. The number of alkyl halides is 1. The number of carbonyl (C=O) groups excluding carboxylic acids is 1. The molecule has 1 N–H and O–H groups in total. The molecule has 4 rings (SSSR count). The Bertz CT molecular complexity index is 1070. The maximum absolute atomic E-state index is 14.8. The standard InChI is InChI=1S/C19H16ClF2N5O/c1-26-9-12(6-21)5-16(26)14-3-2-11(4-15(14)22)10-27-17-13(8-24-19(27)28)7-23-18(20)25-17/h2-5,7,9H,6,8,10H2,1H3,(H,24,28). The van der Waals surface area contributed by atoms with Gasteiger partial charge in [-0.1, -0.05) is 6.07 Å². The first-order valence-electron chi connectivity index (χ1n) is 8.53. The smallest absolute Gasteiger partial charge is 0.323 e. The van der Waals surface area contributed by atoms with Crippen LogP contribution in [0.15, 0.2) is 36.7 Å². The Labute approximate surface area is 164 Å². The number of anilines is 1. The summed E-state index contributed by atoms with van der Waals surface area (Å²) < 4.78 is 29.3. The van der Waals surface area contributed by atoms with Crippen LogP contribution in [0.25, 0.3) is 11.3 Å². The number of nitrogens with one attached hydrogen (secondary N) is 1. The monoisotopic (exact) mass is 403 g/mol. The number of fused-ring (bicyclic) bond motifs is 1. The Hall–Kier alpha value is -3.00. The second-order valence-electron chi connectivity index (χ2n) is 6.53. The molecule has 0 radical (unpaired) electrons. The van der Waals surface area contributed by atoms with E-state index in [2.05, 4.69) is 15.3 Å². The summed E-state index contributed by atoms with van der Waals surface area (Å²) >= 11 is 5.87. The first kappa shape index (κ1) is 18.4. The van der Waals surface area contributed by atoms with Gasteiger partial charge in [0.1, 0.15) is 18.3 Å². The number of aromatic nitrogens is 3. The molecular formula is C19H16ClF2N5O. The number of nitrogens with zero attached hydrogens (tertiary/aromatic N) is 4. The van der Waals surface area contributed by atoms with Gasteiger partial charge in [0.05, 0.1) is 12.2 Å². The lowest BCUT2D eigenvalue weighted by Crippen LogP contribution is -2.44. The van der Waals surface area contributed by atoms with Crippen molar-refractivity contribution in [2.24, 2.45) is 7.05 Å². The highest BCUT2D eigenvalue weighted by atomic mass is 35.5. The molecule has 0 bridgehead atoms. The van der Waals surface area contributed by atoms with Crippen LogP contribution >= 0.6 is 11.6 Å². The van der Waals surface area contributed by atoms with Gasteiger partial charge in [0.25, 0.3) is 0 Å². The van der Waals surface area contributed by atoms with Crippen LogP contribution in [-0.4, -0.2) is 20.6 Å². The van der Waals surface area contributed by atoms with Gasteiger partial charge in [0, 0.05) is 42.7 Å². The van der Waals surface area contributed by atoms with Gasteiger partial charge in [-0.3, -0.25) is 4.90 Å². The van der Waals surface area contributed by atoms with Gasteiger partial charge in [-0.2, -0.15) is 4.98 Å². The van der Waals surface area contributed by atoms with E-state index in [1.54, 1.807) is 42.2 Å². The number of benzene rings is 1. The lowest BCUT2D eigenvalue weighted by atomic mass is 10.1. The van der Waals surface area contributed by atoms with Crippen molar-refractivity contribution in [3.05, 3.63) is 64.5 Å². The summed E-state index contributed by atoms with van der Waals surface area (Å²) in [6, 6.07) is 5.98. The van der Waals surface area contributed by atoms with E-state index in [9.17, 15) is 13.6 Å². The second kappa shape index (κ2) is 7.20. The SMILES string of the molecule is Cn1cc(CF)cc1-c1ccc(CN2C(=O)NCc3cnc(Cl)nc32)cc1F. The van der Waals surface area contributed by atoms with Crippen molar-refractivity contribution in [2.75, 3.05) is 4.90 Å². The highest BCUT2D eigenvalue weighted by Gasteiger charge is 2.26. The van der Waals surface area contributed by atoms with Gasteiger partial charge >= 0.3 is 6.03 Å². The van der Waals surface area contributed by atoms with Crippen molar-refractivity contribution in [3.8, 4) is 11.3 Å². The number of carbonyl (C=O) groups is 1. The first-order valence-corrected chi connectivity index (χ1v) is 8.91. The van der Waals surface area contributed by atoms with E-state index >= 15 is 0 Å². The maximum Gasteiger partial charge on any atom is 0.323 e. The lowest BCUT2D eigenvalue weighted by molar-refractivity contribution is 0.244. The number of hydrogen-bond acceptors (Lipinski definition) is 3. The summed E-state index contributed by atoms with van der Waals surface area (Å²) in [5.41, 5.74) is 2.73. The molecule has 28 heavy (non-hydrogen) atoms. The predicted molar refractivity (Wildman–Crippen MR) is 101 cm³/mol. The van der Waals surface area contributed by atoms with Crippen LogP contribution in [0.3, 0.4) is 0 Å². The number of rotatable bonds is 4. The predicted octanol–water partition coefficient (Wildman–Crippen LogP) is 3.97. The van der Waals surface area contributed by atoms with E-state index in [0.29, 0.717) is 34.7 Å². The van der Waals surface area contributed by atoms with Gasteiger partial charge in [-0.25, -0.2) is 18.6 Å². The van der Waals surface area contributed by atoms with Crippen molar-refractivity contribution in [2.45, 2.75) is 19.8 Å². The van der Waals surface area contributed by atoms with Crippen LogP contribution < -0.4 is 10.2 Å². The van der Waals surface area contributed by atoms with Crippen LogP contribution in [0.4, 0.5) is 19.4 Å². The normalized spacial score (nSPS) is 13.4. The molecule has 1 aliphatic rings. The van der Waals surface area contributed by atoms with Crippen LogP contribution in [-0.2, 0) is 26.8 Å². The Morgan fingerprint density at radius 2 is 2.11 bits per heavy atom. The van der Waals surface area contributed by atoms with Crippen LogP contribution in [0.2, 0.25) is 5.28 Å². The molecule has 1 aromatic carbocycles. The quantitative estimate of drug-likeness (QED) is 0.670. The minimum Gasteiger partial charge on any atom is -0.350 e. The van der Waals surface area contributed by atoms with E-state index in [1.165, 1.54) is 11.0 Å². The largest absolute Gasteiger partial charge is 0.350 e. The van der Waals surface area contributed by atoms with Crippen molar-refractivity contribution in [1.82, 2.24) is 19.9 Å². The fraction of sp³-hybridized carbons (Fsp3) is 0.211. The Balaban J connectivity index is 1.65. The average molecular weight is 404 g/mol. The topological polar surface area (TPSA) is 63.1 Å². The van der Waals surface area contributed by atoms with E-state index in [4.69, 9.17) is 11.6 Å². The highest BCUT2D eigenvalue weighted by Crippen LogP contribution is 2.28. The molecule has 0 saturated carbocycles. The van der Waals surface area contributed by atoms with Crippen molar-refractivity contribution in [1.29, 1.82) is 0 Å². The molecule has 0 aliphatic carbocycles. The van der Waals surface area contributed by atoms with E-state index < -0.39 is 12.5 Å². The summed E-state index contributed by atoms with van der Waals surface area (Å²) in [6.45, 7) is -0.187. The zero-order valence-corrected chi connectivity index (χ0v) is 15.7. The van der Waals surface area contributed by atoms with Crippen LogP contribution in [0, 0.1) is 5.82 Å². The summed E-state index contributed by atoms with van der Waals surface area (Å²) in [5, 5.41) is 2.76. The van der Waals surface area contributed by atoms with E-state index in [0.717, 1.165) is 5.56 Å². The molecule has 0 saturated heterocycles. The Morgan fingerprint density at radius 3 is 2.82 bits per heavy atom. The second-order valence-corrected chi connectivity index (χ2v) is 6.86. The molecule has 9 heteroatoms. The number of hydrogen-bond donors (Lipinski definition) is 1. The zero-order valence-electron chi connectivity index (χ0n) is 14.9. The molecule has 0 spiro atoms. The summed E-state index contributed by atoms with van der Waals surface area (Å²) in [4.78, 5) is 21.8. The molecule has 6 nitrogen and oxygen atoms in total. The van der Waals surface area contributed by atoms with Crippen molar-refractivity contribution in [3.63, 3.8) is 0 Å². The summed E-state index contributed by atoms with van der Waals surface area (Å²) in [7, 11) is 1.74. The van der Waals surface area contributed by atoms with Gasteiger partial charge < -0.3 is 9.88 Å². The molecule has 1 aliphatic heterocycles. The molecule has 3 aromatic rings.